The Balaban J connectivity index is 1.32. The maximum absolute atomic E-state index is 13.6. The predicted molar refractivity (Wildman–Crippen MR) is 217 cm³/mol. The van der Waals surface area contributed by atoms with Crippen molar-refractivity contribution in [2.45, 2.75) is 32.3 Å². The van der Waals surface area contributed by atoms with Crippen molar-refractivity contribution in [2.24, 2.45) is 10.2 Å². The molecule has 1 unspecified atom stereocenters. The van der Waals surface area contributed by atoms with Crippen LogP contribution in [0.4, 0.5) is 11.4 Å². The summed E-state index contributed by atoms with van der Waals surface area (Å²) in [6.07, 6.45) is -1.61. The summed E-state index contributed by atoms with van der Waals surface area (Å²) in [4.78, 5) is 64.6. The Kier molecular flexibility index (Phi) is 13.8. The maximum Gasteiger partial charge on any atom is 0.347 e. The summed E-state index contributed by atoms with van der Waals surface area (Å²) < 4.78 is 6.95. The molecule has 1 aliphatic heterocycles. The highest BCUT2D eigenvalue weighted by Crippen LogP contribution is 3.04. The number of phenolic OH excluding ortho intramolecular Hbond substituents is 1. The molecule has 0 aromatic heterocycles. The fourth-order valence-electron chi connectivity index (χ4n) is 4.71. The van der Waals surface area contributed by atoms with Gasteiger partial charge in [0.2, 0.25) is 0 Å². The summed E-state index contributed by atoms with van der Waals surface area (Å²) in [5, 5.41) is 40.9. The number of aliphatic carboxylic acids is 1. The fraction of sp³-hybridized carbons (Fsp3) is 0.176. The number of nitrogens with one attached hydrogen (secondary N) is 1. The zero-order valence-electron chi connectivity index (χ0n) is 28.5. The van der Waals surface area contributed by atoms with Gasteiger partial charge in [0, 0.05) is 22.7 Å². The molecule has 0 radical (unpaired) electrons. The lowest BCUT2D eigenvalue weighted by Crippen LogP contribution is -2.25. The molecule has 21 heteroatoms. The number of aromatic hydroxyl groups is 1. The van der Waals surface area contributed by atoms with Crippen LogP contribution in [0.15, 0.2) is 101 Å². The number of phenols is 1. The number of hydrogen-bond donors (Lipinski definition) is 3. The van der Waals surface area contributed by atoms with E-state index in [9.17, 15) is 34.4 Å². The SMILES string of the molecule is CCC(CC(=O)Oc1ccc(/N=N/c2ccc(C(=O)NCCC(=O)O)cc2)cc1C(=O)Oc1ccc(P2(=S)SP(=S)(c3ccc(O)cc3)S2)cc1)O[N+](=O)[O-]. The predicted octanol–water partition coefficient (Wildman–Crippen LogP) is 7.56. The monoisotopic (exact) mass is 860 g/mol. The fourth-order valence-corrected chi connectivity index (χ4v) is 47.0. The first-order valence-electron chi connectivity index (χ1n) is 16.1. The number of carboxylic acids is 1. The molecule has 5 rings (SSSR count). The van der Waals surface area contributed by atoms with E-state index in [-0.39, 0.29) is 53.4 Å². The second kappa shape index (κ2) is 18.3. The number of esters is 2. The van der Waals surface area contributed by atoms with Gasteiger partial charge < -0.3 is 29.8 Å². The summed E-state index contributed by atoms with van der Waals surface area (Å²) in [6, 6.07) is 23.6. The summed E-state index contributed by atoms with van der Waals surface area (Å²) in [5.41, 5.74) is 0.600. The van der Waals surface area contributed by atoms with Crippen LogP contribution in [0.25, 0.3) is 0 Å². The van der Waals surface area contributed by atoms with Crippen LogP contribution in [0, 0.1) is 10.1 Å². The van der Waals surface area contributed by atoms with Crippen molar-refractivity contribution in [1.29, 1.82) is 0 Å². The van der Waals surface area contributed by atoms with Crippen molar-refractivity contribution in [3.05, 3.63) is 112 Å². The van der Waals surface area contributed by atoms with E-state index in [2.05, 4.69) is 20.4 Å². The highest BCUT2D eigenvalue weighted by atomic mass is 33.7. The molecule has 4 aromatic carbocycles. The Hall–Kier alpha value is -4.64. The molecule has 3 N–H and O–H groups in total. The minimum atomic E-state index is -2.12. The van der Waals surface area contributed by atoms with Crippen LogP contribution in [-0.4, -0.2) is 51.8 Å². The Morgan fingerprint density at radius 3 is 2.04 bits per heavy atom. The van der Waals surface area contributed by atoms with Crippen molar-refractivity contribution in [3.8, 4) is 17.2 Å². The standard InChI is InChI=1S/C34H30N4O11P2S4/c1-2-25(49-38(45)46)20-32(42)48-30-16-7-23(37-36-22-5-3-21(4-6-22)33(43)35-18-17-31(40)41)19-29(30)34(44)47-26-10-14-28(15-11-26)51(53)54-50(52,55-51)27-12-8-24(39)9-13-27/h3-16,19,25,39H,2,17-18,20H2,1H3,(H,35,43)(H,40,41)/b37-36+. The molecule has 4 aromatic rings. The van der Waals surface area contributed by atoms with Gasteiger partial charge in [-0.25, -0.2) is 4.79 Å². The van der Waals surface area contributed by atoms with Gasteiger partial charge in [-0.1, -0.05) is 52.5 Å². The van der Waals surface area contributed by atoms with Gasteiger partial charge in [0.15, 0.2) is 0 Å². The number of hydrogen-bond acceptors (Lipinski definition) is 16. The normalized spacial score (nSPS) is 18.1. The number of amides is 1. The van der Waals surface area contributed by atoms with Crippen LogP contribution in [-0.2, 0) is 38.0 Å². The Labute approximate surface area is 331 Å². The highest BCUT2D eigenvalue weighted by Gasteiger charge is 2.45. The van der Waals surface area contributed by atoms with Crippen LogP contribution in [0.5, 0.6) is 17.2 Å². The molecule has 0 bridgehead atoms. The third kappa shape index (κ3) is 11.2. The van der Waals surface area contributed by atoms with Gasteiger partial charge >= 0.3 is 17.9 Å². The molecule has 1 atom stereocenters. The van der Waals surface area contributed by atoms with Crippen LogP contribution in [0.1, 0.15) is 46.9 Å². The number of azo groups is 1. The first-order valence-corrected chi connectivity index (χ1v) is 25.7. The highest BCUT2D eigenvalue weighted by molar-refractivity contribution is 9.48. The number of rotatable bonds is 16. The van der Waals surface area contributed by atoms with E-state index in [1.165, 1.54) is 42.5 Å². The van der Waals surface area contributed by atoms with Gasteiger partial charge in [-0.3, -0.25) is 14.4 Å². The molecule has 1 aliphatic rings. The van der Waals surface area contributed by atoms with Crippen LogP contribution in [0.2, 0.25) is 0 Å². The zero-order chi connectivity index (χ0) is 39.8. The molecule has 1 saturated heterocycles. The first-order chi connectivity index (χ1) is 26.2. The van der Waals surface area contributed by atoms with Crippen LogP contribution < -0.4 is 25.4 Å². The second-order valence-electron chi connectivity index (χ2n) is 11.4. The molecular formula is C34H30N4O11P2S4. The number of benzene rings is 4. The van der Waals surface area contributed by atoms with Gasteiger partial charge in [0.1, 0.15) is 28.9 Å². The molecule has 55 heavy (non-hydrogen) atoms. The van der Waals surface area contributed by atoms with Crippen molar-refractivity contribution < 1.29 is 48.8 Å². The van der Waals surface area contributed by atoms with Crippen LogP contribution in [0.3, 0.4) is 0 Å². The lowest BCUT2D eigenvalue weighted by Gasteiger charge is -2.40. The third-order valence-corrected chi connectivity index (χ3v) is 38.7. The van der Waals surface area contributed by atoms with E-state index < -0.39 is 50.3 Å². The number of carboxylic acid groups (broad SMARTS) is 1. The van der Waals surface area contributed by atoms with Crippen molar-refractivity contribution in [2.75, 3.05) is 6.54 Å². The van der Waals surface area contributed by atoms with Crippen LogP contribution >= 0.6 is 30.9 Å². The van der Waals surface area contributed by atoms with Crippen molar-refractivity contribution in [1.82, 2.24) is 5.32 Å². The molecule has 1 heterocycles. The molecule has 1 amide bonds. The van der Waals surface area contributed by atoms with E-state index in [0.717, 1.165) is 10.6 Å². The molecule has 15 nitrogen and oxygen atoms in total. The van der Waals surface area contributed by atoms with E-state index in [1.54, 1.807) is 65.3 Å². The quantitative estimate of drug-likeness (QED) is 0.0247. The maximum atomic E-state index is 13.6. The zero-order valence-corrected chi connectivity index (χ0v) is 33.6. The van der Waals surface area contributed by atoms with Gasteiger partial charge in [-0.2, -0.15) is 10.2 Å². The molecule has 0 saturated carbocycles. The minimum Gasteiger partial charge on any atom is -0.508 e. The van der Waals surface area contributed by atoms with E-state index >= 15 is 0 Å². The van der Waals surface area contributed by atoms with Gasteiger partial charge in [-0.05, 0) is 97.4 Å². The second-order valence-corrected chi connectivity index (χ2v) is 32.7. The summed E-state index contributed by atoms with van der Waals surface area (Å²) in [6.45, 7) is 1.57. The third-order valence-electron chi connectivity index (χ3n) is 7.49. The van der Waals surface area contributed by atoms with E-state index in [1.807, 2.05) is 12.1 Å². The van der Waals surface area contributed by atoms with Gasteiger partial charge in [0.25, 0.3) is 11.0 Å². The Morgan fingerprint density at radius 2 is 1.45 bits per heavy atom. The summed E-state index contributed by atoms with van der Waals surface area (Å²) in [5.74, 6) is -3.16. The summed E-state index contributed by atoms with van der Waals surface area (Å²) in [7, 11) is 0. The largest absolute Gasteiger partial charge is 0.508 e. The molecule has 286 valence electrons. The average Bonchev–Trinajstić information content (AvgIpc) is 3.13. The smallest absolute Gasteiger partial charge is 0.347 e. The first kappa shape index (κ1) is 41.5. The molecule has 0 spiro atoms. The number of carbonyl (C=O) groups is 4. The number of ether oxygens (including phenoxy) is 2. The lowest BCUT2D eigenvalue weighted by molar-refractivity contribution is -0.768. The van der Waals surface area contributed by atoms with Gasteiger partial charge in [0.05, 0.1) is 33.1 Å². The van der Waals surface area contributed by atoms with Crippen molar-refractivity contribution >= 4 is 100 Å². The topological polar surface area (TPSA) is 216 Å². The van der Waals surface area contributed by atoms with E-state index in [4.69, 9.17) is 38.2 Å². The average molecular weight is 861 g/mol. The number of nitrogens with zero attached hydrogens (tertiary/aromatic N) is 3. The lowest BCUT2D eigenvalue weighted by atomic mass is 10.1. The Morgan fingerprint density at radius 1 is 0.873 bits per heavy atom. The van der Waals surface area contributed by atoms with Crippen molar-refractivity contribution in [3.63, 3.8) is 0 Å². The minimum absolute atomic E-state index is 0.0300. The van der Waals surface area contributed by atoms with Gasteiger partial charge in [-0.15, -0.1) is 10.1 Å². The molecule has 1 fully saturated rings. The number of carbonyl (C=O) groups excluding carboxylic acids is 3. The Bertz CT molecular complexity index is 2230. The molecular weight excluding hydrogens is 831 g/mol. The molecule has 0 aliphatic carbocycles. The summed E-state index contributed by atoms with van der Waals surface area (Å²) >= 11 is 15.2. The van der Waals surface area contributed by atoms with E-state index in [0.29, 0.717) is 5.69 Å².